The van der Waals surface area contributed by atoms with Crippen LogP contribution in [0.25, 0.3) is 11.0 Å². The van der Waals surface area contributed by atoms with Crippen LogP contribution in [0.2, 0.25) is 0 Å². The molecular weight excluding hydrogens is 269 g/mol. The second-order valence-electron chi connectivity index (χ2n) is 5.10. The molecule has 1 N–H and O–H groups in total. The van der Waals surface area contributed by atoms with Crippen molar-refractivity contribution in [2.75, 3.05) is 5.32 Å². The summed E-state index contributed by atoms with van der Waals surface area (Å²) in [6, 6.07) is 6.71. The number of rotatable bonds is 4. The van der Waals surface area contributed by atoms with Crippen LogP contribution in [0.3, 0.4) is 0 Å². The second-order valence-corrected chi connectivity index (χ2v) is 5.10. The summed E-state index contributed by atoms with van der Waals surface area (Å²) in [7, 11) is 1.85. The molecule has 0 aliphatic heterocycles. The Morgan fingerprint density at radius 1 is 1.24 bits per heavy atom. The van der Waals surface area contributed by atoms with Gasteiger partial charge in [-0.05, 0) is 31.0 Å². The molecule has 108 valence electrons. The highest BCUT2D eigenvalue weighted by Crippen LogP contribution is 2.19. The van der Waals surface area contributed by atoms with Gasteiger partial charge in [-0.25, -0.2) is 14.4 Å². The van der Waals surface area contributed by atoms with Gasteiger partial charge in [0.25, 0.3) is 0 Å². The molecule has 5 nitrogen and oxygen atoms in total. The summed E-state index contributed by atoms with van der Waals surface area (Å²) in [4.78, 5) is 8.49. The molecule has 21 heavy (non-hydrogen) atoms. The van der Waals surface area contributed by atoms with E-state index in [1.54, 1.807) is 23.0 Å². The van der Waals surface area contributed by atoms with E-state index in [0.29, 0.717) is 0 Å². The van der Waals surface area contributed by atoms with Crippen molar-refractivity contribution in [1.82, 2.24) is 19.7 Å². The Kier molecular flexibility index (Phi) is 3.51. The first-order chi connectivity index (χ1) is 10.1. The van der Waals surface area contributed by atoms with E-state index in [2.05, 4.69) is 27.3 Å². The summed E-state index contributed by atoms with van der Waals surface area (Å²) in [5, 5.41) is 8.45. The molecule has 2 heterocycles. The fourth-order valence-electron chi connectivity index (χ4n) is 2.34. The number of nitrogens with zero attached hydrogens (tertiary/aromatic N) is 4. The summed E-state index contributed by atoms with van der Waals surface area (Å²) < 4.78 is 14.6. The smallest absolute Gasteiger partial charge is 0.163 e. The van der Waals surface area contributed by atoms with Crippen molar-refractivity contribution in [1.29, 1.82) is 0 Å². The second kappa shape index (κ2) is 5.47. The summed E-state index contributed by atoms with van der Waals surface area (Å²) in [5.41, 5.74) is 1.87. The summed E-state index contributed by atoms with van der Waals surface area (Å²) >= 11 is 0. The van der Waals surface area contributed by atoms with Crippen LogP contribution < -0.4 is 5.32 Å². The van der Waals surface area contributed by atoms with Gasteiger partial charge in [-0.2, -0.15) is 5.10 Å². The van der Waals surface area contributed by atoms with Crippen molar-refractivity contribution in [3.63, 3.8) is 0 Å². The predicted molar refractivity (Wildman–Crippen MR) is 79.5 cm³/mol. The van der Waals surface area contributed by atoms with Gasteiger partial charge in [0, 0.05) is 13.1 Å². The molecule has 0 fully saturated rings. The zero-order valence-electron chi connectivity index (χ0n) is 11.9. The fourth-order valence-corrected chi connectivity index (χ4v) is 2.34. The Bertz CT molecular complexity index is 750. The predicted octanol–water partition coefficient (Wildman–Crippen LogP) is 2.55. The highest BCUT2D eigenvalue weighted by molar-refractivity contribution is 5.86. The van der Waals surface area contributed by atoms with Crippen molar-refractivity contribution in [3.05, 3.63) is 48.2 Å². The maximum absolute atomic E-state index is 12.9. The van der Waals surface area contributed by atoms with E-state index in [1.165, 1.54) is 18.5 Å². The highest BCUT2D eigenvalue weighted by atomic mass is 19.1. The van der Waals surface area contributed by atoms with Crippen molar-refractivity contribution in [3.8, 4) is 0 Å². The molecule has 0 radical (unpaired) electrons. The molecule has 2 aromatic heterocycles. The number of benzene rings is 1. The van der Waals surface area contributed by atoms with Crippen molar-refractivity contribution < 1.29 is 4.39 Å². The van der Waals surface area contributed by atoms with Gasteiger partial charge in [0.05, 0.1) is 11.6 Å². The lowest BCUT2D eigenvalue weighted by atomic mass is 10.1. The molecule has 6 heteroatoms. The first kappa shape index (κ1) is 13.5. The molecule has 0 amide bonds. The third-order valence-electron chi connectivity index (χ3n) is 3.37. The number of fused-ring (bicyclic) bond motifs is 1. The van der Waals surface area contributed by atoms with E-state index in [0.717, 1.165) is 28.8 Å². The van der Waals surface area contributed by atoms with Crippen LogP contribution in [0.1, 0.15) is 12.5 Å². The maximum atomic E-state index is 12.9. The highest BCUT2D eigenvalue weighted by Gasteiger charge is 2.10. The quantitative estimate of drug-likeness (QED) is 0.800. The topological polar surface area (TPSA) is 55.6 Å². The number of aromatic nitrogens is 4. The fraction of sp³-hybridized carbons (Fsp3) is 0.267. The van der Waals surface area contributed by atoms with Gasteiger partial charge in [0.2, 0.25) is 0 Å². The van der Waals surface area contributed by atoms with Crippen LogP contribution in [-0.4, -0.2) is 25.8 Å². The average molecular weight is 285 g/mol. The molecule has 0 bridgehead atoms. The minimum absolute atomic E-state index is 0.161. The van der Waals surface area contributed by atoms with Gasteiger partial charge >= 0.3 is 0 Å². The lowest BCUT2D eigenvalue weighted by Gasteiger charge is -2.15. The minimum Gasteiger partial charge on any atom is -0.367 e. The SMILES string of the molecule is C[C@H](Cc1ccc(F)cc1)Nc1ncnc2c1cnn2C. The van der Waals surface area contributed by atoms with Gasteiger partial charge in [-0.15, -0.1) is 0 Å². The van der Waals surface area contributed by atoms with Crippen molar-refractivity contribution in [2.45, 2.75) is 19.4 Å². The molecular formula is C15H16FN5. The van der Waals surface area contributed by atoms with Gasteiger partial charge in [0.1, 0.15) is 18.0 Å². The van der Waals surface area contributed by atoms with Crippen LogP contribution in [0, 0.1) is 5.82 Å². The van der Waals surface area contributed by atoms with Gasteiger partial charge < -0.3 is 5.32 Å². The molecule has 0 saturated heterocycles. The average Bonchev–Trinajstić information content (AvgIpc) is 2.84. The van der Waals surface area contributed by atoms with Crippen molar-refractivity contribution in [2.24, 2.45) is 7.05 Å². The van der Waals surface area contributed by atoms with E-state index < -0.39 is 0 Å². The molecule has 0 spiro atoms. The largest absolute Gasteiger partial charge is 0.367 e. The Labute approximate surface area is 121 Å². The summed E-state index contributed by atoms with van der Waals surface area (Å²) in [6.07, 6.45) is 4.06. The lowest BCUT2D eigenvalue weighted by molar-refractivity contribution is 0.626. The Morgan fingerprint density at radius 2 is 2.00 bits per heavy atom. The molecule has 0 saturated carbocycles. The van der Waals surface area contributed by atoms with Gasteiger partial charge in [-0.1, -0.05) is 12.1 Å². The number of hydrogen-bond donors (Lipinski definition) is 1. The molecule has 3 aromatic rings. The third-order valence-corrected chi connectivity index (χ3v) is 3.37. The number of anilines is 1. The molecule has 0 unspecified atom stereocenters. The van der Waals surface area contributed by atoms with E-state index >= 15 is 0 Å². The minimum atomic E-state index is -0.216. The van der Waals surface area contributed by atoms with Crippen LogP contribution in [-0.2, 0) is 13.5 Å². The zero-order chi connectivity index (χ0) is 14.8. The maximum Gasteiger partial charge on any atom is 0.163 e. The molecule has 3 rings (SSSR count). The van der Waals surface area contributed by atoms with E-state index in [1.807, 2.05) is 7.05 Å². The van der Waals surface area contributed by atoms with Crippen LogP contribution >= 0.6 is 0 Å². The number of hydrogen-bond acceptors (Lipinski definition) is 4. The lowest BCUT2D eigenvalue weighted by Crippen LogP contribution is -2.19. The first-order valence-electron chi connectivity index (χ1n) is 6.77. The Balaban J connectivity index is 1.77. The molecule has 1 atom stereocenters. The Hall–Kier alpha value is -2.50. The number of halogens is 1. The number of nitrogens with one attached hydrogen (secondary N) is 1. The number of aryl methyl sites for hydroxylation is 1. The standard InChI is InChI=1S/C15H16FN5/c1-10(7-11-3-5-12(16)6-4-11)20-14-13-8-19-21(2)15(13)18-9-17-14/h3-6,8-10H,7H2,1-2H3,(H,17,18,20)/t10-/m1/s1. The zero-order valence-corrected chi connectivity index (χ0v) is 11.9. The first-order valence-corrected chi connectivity index (χ1v) is 6.77. The molecule has 1 aromatic carbocycles. The van der Waals surface area contributed by atoms with Gasteiger partial charge in [-0.3, -0.25) is 4.68 Å². The molecule has 0 aliphatic rings. The van der Waals surface area contributed by atoms with E-state index in [4.69, 9.17) is 0 Å². The van der Waals surface area contributed by atoms with Crippen LogP contribution in [0.5, 0.6) is 0 Å². The molecule has 0 aliphatic carbocycles. The monoisotopic (exact) mass is 285 g/mol. The third kappa shape index (κ3) is 2.84. The van der Waals surface area contributed by atoms with Crippen LogP contribution in [0.15, 0.2) is 36.8 Å². The Morgan fingerprint density at radius 3 is 2.76 bits per heavy atom. The van der Waals surface area contributed by atoms with Crippen LogP contribution in [0.4, 0.5) is 10.2 Å². The summed E-state index contributed by atoms with van der Waals surface area (Å²) in [6.45, 7) is 2.06. The summed E-state index contributed by atoms with van der Waals surface area (Å²) in [5.74, 6) is 0.551. The van der Waals surface area contributed by atoms with E-state index in [-0.39, 0.29) is 11.9 Å². The van der Waals surface area contributed by atoms with E-state index in [9.17, 15) is 4.39 Å². The van der Waals surface area contributed by atoms with Gasteiger partial charge in [0.15, 0.2) is 5.65 Å². The van der Waals surface area contributed by atoms with Crippen molar-refractivity contribution >= 4 is 16.9 Å². The normalized spacial score (nSPS) is 12.5.